The van der Waals surface area contributed by atoms with Gasteiger partial charge in [-0.15, -0.1) is 0 Å². The molecular weight excluding hydrogens is 256 g/mol. The second-order valence-electron chi connectivity index (χ2n) is 6.24. The minimum absolute atomic E-state index is 0.0257. The molecule has 20 heavy (non-hydrogen) atoms. The minimum Gasteiger partial charge on any atom is -0.345 e. The monoisotopic (exact) mass is 278 g/mol. The van der Waals surface area contributed by atoms with Gasteiger partial charge in [0.15, 0.2) is 0 Å². The summed E-state index contributed by atoms with van der Waals surface area (Å²) < 4.78 is 1.99. The fraction of sp³-hybridized carbons (Fsp3) is 0.643. The summed E-state index contributed by atoms with van der Waals surface area (Å²) in [5, 5.41) is 2.67. The normalized spacial score (nSPS) is 20.2. The number of amides is 2. The highest BCUT2D eigenvalue weighted by Gasteiger charge is 2.41. The van der Waals surface area contributed by atoms with Gasteiger partial charge in [0.05, 0.1) is 6.54 Å². The predicted molar refractivity (Wildman–Crippen MR) is 74.9 cm³/mol. The first-order valence-electron chi connectivity index (χ1n) is 6.85. The van der Waals surface area contributed by atoms with Gasteiger partial charge < -0.3 is 14.8 Å². The molecule has 1 aliphatic rings. The molecule has 0 aliphatic carbocycles. The van der Waals surface area contributed by atoms with Crippen LogP contribution in [-0.4, -0.2) is 45.4 Å². The van der Waals surface area contributed by atoms with Crippen LogP contribution < -0.4 is 5.32 Å². The largest absolute Gasteiger partial charge is 0.345 e. The van der Waals surface area contributed by atoms with E-state index >= 15 is 0 Å². The van der Waals surface area contributed by atoms with Crippen LogP contribution in [0.3, 0.4) is 0 Å². The molecule has 0 saturated carbocycles. The molecular formula is C14H22N4O2. The van der Waals surface area contributed by atoms with Gasteiger partial charge in [-0.25, -0.2) is 4.98 Å². The number of piperazine rings is 1. The standard InChI is InChI=1S/C14H22N4O2/c1-10-15-5-6-17(10)7-8-18-11(19)9-16-13(20)12(18)14(2,3)4/h5-6,12H,7-9H2,1-4H3,(H,16,20). The Bertz CT molecular complexity index is 515. The molecule has 2 rings (SSSR count). The third kappa shape index (κ3) is 2.84. The molecule has 6 nitrogen and oxygen atoms in total. The van der Waals surface area contributed by atoms with Gasteiger partial charge in [-0.1, -0.05) is 20.8 Å². The summed E-state index contributed by atoms with van der Waals surface area (Å²) in [5.74, 6) is 0.813. The van der Waals surface area contributed by atoms with E-state index in [0.717, 1.165) is 5.82 Å². The Morgan fingerprint density at radius 1 is 1.35 bits per heavy atom. The smallest absolute Gasteiger partial charge is 0.243 e. The van der Waals surface area contributed by atoms with E-state index in [2.05, 4.69) is 10.3 Å². The van der Waals surface area contributed by atoms with Crippen molar-refractivity contribution in [1.29, 1.82) is 0 Å². The fourth-order valence-corrected chi connectivity index (χ4v) is 2.62. The first-order chi connectivity index (χ1) is 9.30. The Labute approximate surface area is 119 Å². The molecule has 1 aromatic heterocycles. The number of nitrogens with one attached hydrogen (secondary N) is 1. The quantitative estimate of drug-likeness (QED) is 0.878. The van der Waals surface area contributed by atoms with E-state index in [4.69, 9.17) is 0 Å². The summed E-state index contributed by atoms with van der Waals surface area (Å²) >= 11 is 0. The molecule has 1 aromatic rings. The highest BCUT2D eigenvalue weighted by Crippen LogP contribution is 2.26. The second-order valence-corrected chi connectivity index (χ2v) is 6.24. The summed E-state index contributed by atoms with van der Waals surface area (Å²) in [7, 11) is 0. The fourth-order valence-electron chi connectivity index (χ4n) is 2.62. The first kappa shape index (κ1) is 14.6. The summed E-state index contributed by atoms with van der Waals surface area (Å²) in [6, 6.07) is -0.424. The summed E-state index contributed by atoms with van der Waals surface area (Å²) in [4.78, 5) is 30.1. The van der Waals surface area contributed by atoms with Crippen molar-refractivity contribution in [2.45, 2.75) is 40.3 Å². The van der Waals surface area contributed by atoms with Crippen molar-refractivity contribution in [2.75, 3.05) is 13.1 Å². The maximum Gasteiger partial charge on any atom is 0.243 e. The Balaban J connectivity index is 2.15. The third-order valence-electron chi connectivity index (χ3n) is 3.62. The molecule has 0 bridgehead atoms. The van der Waals surface area contributed by atoms with Gasteiger partial charge in [0.1, 0.15) is 11.9 Å². The molecule has 0 aromatic carbocycles. The first-order valence-corrected chi connectivity index (χ1v) is 6.85. The van der Waals surface area contributed by atoms with Crippen molar-refractivity contribution in [3.63, 3.8) is 0 Å². The lowest BCUT2D eigenvalue weighted by Gasteiger charge is -2.42. The second kappa shape index (κ2) is 5.26. The number of carbonyl (C=O) groups is 2. The zero-order valence-electron chi connectivity index (χ0n) is 12.5. The number of carbonyl (C=O) groups excluding carboxylic acids is 2. The molecule has 2 amide bonds. The molecule has 1 aliphatic heterocycles. The molecule has 1 N–H and O–H groups in total. The van der Waals surface area contributed by atoms with E-state index in [0.29, 0.717) is 13.1 Å². The molecule has 6 heteroatoms. The van der Waals surface area contributed by atoms with Crippen LogP contribution in [0.2, 0.25) is 0 Å². The number of hydrogen-bond acceptors (Lipinski definition) is 3. The molecule has 1 unspecified atom stereocenters. The highest BCUT2D eigenvalue weighted by atomic mass is 16.2. The molecule has 0 spiro atoms. The van der Waals surface area contributed by atoms with Crippen LogP contribution in [0.25, 0.3) is 0 Å². The van der Waals surface area contributed by atoms with Gasteiger partial charge in [-0.3, -0.25) is 9.59 Å². The van der Waals surface area contributed by atoms with Crippen LogP contribution in [0.5, 0.6) is 0 Å². The number of aryl methyl sites for hydroxylation is 1. The number of rotatable bonds is 3. The Morgan fingerprint density at radius 3 is 2.60 bits per heavy atom. The maximum absolute atomic E-state index is 12.1. The van der Waals surface area contributed by atoms with E-state index in [1.165, 1.54) is 0 Å². The van der Waals surface area contributed by atoms with Gasteiger partial charge in [0.2, 0.25) is 11.8 Å². The van der Waals surface area contributed by atoms with Crippen LogP contribution >= 0.6 is 0 Å². The molecule has 1 saturated heterocycles. The topological polar surface area (TPSA) is 67.2 Å². The van der Waals surface area contributed by atoms with Crippen LogP contribution in [0, 0.1) is 12.3 Å². The number of aromatic nitrogens is 2. The van der Waals surface area contributed by atoms with Crippen molar-refractivity contribution in [2.24, 2.45) is 5.41 Å². The van der Waals surface area contributed by atoms with E-state index in [1.54, 1.807) is 11.1 Å². The van der Waals surface area contributed by atoms with Gasteiger partial charge in [0.25, 0.3) is 0 Å². The van der Waals surface area contributed by atoms with Gasteiger partial charge in [0, 0.05) is 25.5 Å². The third-order valence-corrected chi connectivity index (χ3v) is 3.62. The predicted octanol–water partition coefficient (Wildman–Crippen LogP) is 0.565. The summed E-state index contributed by atoms with van der Waals surface area (Å²) in [5.41, 5.74) is -0.288. The van der Waals surface area contributed by atoms with E-state index < -0.39 is 6.04 Å². The summed E-state index contributed by atoms with van der Waals surface area (Å²) in [6.45, 7) is 9.12. The molecule has 0 radical (unpaired) electrons. The van der Waals surface area contributed by atoms with Crippen LogP contribution in [0.1, 0.15) is 26.6 Å². The van der Waals surface area contributed by atoms with E-state index in [1.807, 2.05) is 38.5 Å². The molecule has 110 valence electrons. The van der Waals surface area contributed by atoms with Crippen LogP contribution in [0.4, 0.5) is 0 Å². The maximum atomic E-state index is 12.1. The molecule has 1 fully saturated rings. The molecule has 1 atom stereocenters. The average molecular weight is 278 g/mol. The Hall–Kier alpha value is -1.85. The van der Waals surface area contributed by atoms with Crippen LogP contribution in [0.15, 0.2) is 12.4 Å². The molecule has 2 heterocycles. The van der Waals surface area contributed by atoms with Crippen molar-refractivity contribution in [1.82, 2.24) is 19.8 Å². The van der Waals surface area contributed by atoms with Crippen molar-refractivity contribution in [3.05, 3.63) is 18.2 Å². The number of imidazole rings is 1. The highest BCUT2D eigenvalue weighted by molar-refractivity contribution is 5.95. The van der Waals surface area contributed by atoms with Gasteiger partial charge >= 0.3 is 0 Å². The van der Waals surface area contributed by atoms with E-state index in [-0.39, 0.29) is 23.8 Å². The zero-order valence-corrected chi connectivity index (χ0v) is 12.5. The minimum atomic E-state index is -0.424. The van der Waals surface area contributed by atoms with E-state index in [9.17, 15) is 9.59 Å². The van der Waals surface area contributed by atoms with Gasteiger partial charge in [-0.05, 0) is 12.3 Å². The van der Waals surface area contributed by atoms with Gasteiger partial charge in [-0.2, -0.15) is 0 Å². The number of nitrogens with zero attached hydrogens (tertiary/aromatic N) is 3. The summed E-state index contributed by atoms with van der Waals surface area (Å²) in [6.07, 6.45) is 3.62. The zero-order chi connectivity index (χ0) is 14.9. The average Bonchev–Trinajstić information content (AvgIpc) is 2.74. The Morgan fingerprint density at radius 2 is 2.05 bits per heavy atom. The Kier molecular flexibility index (Phi) is 3.83. The lowest BCUT2D eigenvalue weighted by molar-refractivity contribution is -0.150. The van der Waals surface area contributed by atoms with Crippen molar-refractivity contribution in [3.8, 4) is 0 Å². The number of hydrogen-bond donors (Lipinski definition) is 1. The lowest BCUT2D eigenvalue weighted by Crippen LogP contribution is -2.63. The SMILES string of the molecule is Cc1nccn1CCN1C(=O)CNC(=O)C1C(C)(C)C. The van der Waals surface area contributed by atoms with Crippen molar-refractivity contribution < 1.29 is 9.59 Å². The van der Waals surface area contributed by atoms with Crippen molar-refractivity contribution >= 4 is 11.8 Å². The lowest BCUT2D eigenvalue weighted by atomic mass is 9.84. The van der Waals surface area contributed by atoms with Crippen LogP contribution in [-0.2, 0) is 16.1 Å².